The summed E-state index contributed by atoms with van der Waals surface area (Å²) in [6.45, 7) is -12.5. The standard InChI is InChI=1S/C5H4F8O.2C4H4F6O.C4H9FO3S.C3H4F4O.C2H2F4O.5C2H5F.5CH3F.4FHO3S/c6-1-3(8,9)4(10,11)5(12,13)14-2-7;5-1-3(7,8)11-4(9,10)2-6;5-2-11-4(9,10)1-3(6,7)8;5-3-1-2-4-9(6,7)8;4-1-3(6,7)8-2-5;3-1-2(4,5)7-6;5*1-2-3;5*1-2;4*1-5(2,3)4/h1-2H2;2*1-2H2;1-4H2,(H,6,7,8);1-2H2;1H2;5*2H2,1H3;5*1H3;4*(H,2,3,4). The first-order chi connectivity index (χ1) is 46.6. The molecular formula is C37H71F43O20S5. The third-order valence-electron chi connectivity index (χ3n) is 3.99. The zero-order valence-corrected chi connectivity index (χ0v) is 58.0. The lowest BCUT2D eigenvalue weighted by Gasteiger charge is -2.29. The van der Waals surface area contributed by atoms with E-state index in [1.54, 1.807) is 0 Å². The Balaban J connectivity index is -0.0000000415. The van der Waals surface area contributed by atoms with Crippen molar-refractivity contribution in [3.63, 3.8) is 0 Å². The number of halogens is 43. The van der Waals surface area contributed by atoms with Crippen LogP contribution in [0.25, 0.3) is 0 Å². The largest absolute Gasteiger partial charge is 0.435 e. The lowest BCUT2D eigenvalue weighted by Crippen LogP contribution is -2.56. The van der Waals surface area contributed by atoms with Crippen molar-refractivity contribution in [3.05, 3.63) is 0 Å². The molecule has 0 bridgehead atoms. The molecule has 0 aliphatic carbocycles. The van der Waals surface area contributed by atoms with Gasteiger partial charge in [-0.05, 0) is 52.0 Å². The second-order valence-corrected chi connectivity index (χ2v) is 16.9. The normalized spacial score (nSPS) is 10.9. The average Bonchev–Trinajstić information content (AvgIpc) is 0.776. The predicted molar refractivity (Wildman–Crippen MR) is 280 cm³/mol. The zero-order valence-electron chi connectivity index (χ0n) is 53.9. The van der Waals surface area contributed by atoms with Crippen LogP contribution in [-0.4, -0.2) is 255 Å². The molecule has 0 unspecified atom stereocenters. The molecule has 20 nitrogen and oxygen atoms in total. The van der Waals surface area contributed by atoms with Crippen molar-refractivity contribution in [2.24, 2.45) is 0 Å². The highest BCUT2D eigenvalue weighted by Gasteiger charge is 2.73. The minimum Gasteiger partial charge on any atom is -0.288 e. The summed E-state index contributed by atoms with van der Waals surface area (Å²) < 4.78 is 604. The minimum atomic E-state index is -6.11. The maximum atomic E-state index is 12.1. The molecule has 0 radical (unpaired) electrons. The molecule has 5 N–H and O–H groups in total. The van der Waals surface area contributed by atoms with E-state index in [0.717, 1.165) is 0 Å². The van der Waals surface area contributed by atoms with E-state index in [0.29, 0.717) is 35.9 Å². The fourth-order valence-electron chi connectivity index (χ4n) is 1.61. The van der Waals surface area contributed by atoms with Gasteiger partial charge < -0.3 is 0 Å². The predicted octanol–water partition coefficient (Wildman–Crippen LogP) is 17.8. The fourth-order valence-corrected chi connectivity index (χ4v) is 2.18. The Bertz CT molecular complexity index is 2030. The van der Waals surface area contributed by atoms with Crippen LogP contribution >= 0.6 is 0 Å². The Morgan fingerprint density at radius 1 is 0.314 bits per heavy atom. The molecule has 0 aliphatic rings. The lowest BCUT2D eigenvalue weighted by atomic mass is 10.2. The molecule has 670 valence electrons. The monoisotopic (exact) mass is 1810 g/mol. The second kappa shape index (κ2) is 92.7. The van der Waals surface area contributed by atoms with Gasteiger partial charge in [-0.1, -0.05) is 15.5 Å². The average molecular weight is 1810 g/mol. The molecule has 0 aromatic heterocycles. The van der Waals surface area contributed by atoms with Gasteiger partial charge in [-0.2, -0.15) is 126 Å². The molecule has 0 atom stereocenters. The van der Waals surface area contributed by atoms with E-state index < -0.39 is 174 Å². The molecule has 0 spiro atoms. The van der Waals surface area contributed by atoms with Crippen molar-refractivity contribution >= 4 is 52.1 Å². The molecule has 0 amide bonds. The van der Waals surface area contributed by atoms with Crippen LogP contribution < -0.4 is 0 Å². The van der Waals surface area contributed by atoms with E-state index in [9.17, 15) is 195 Å². The fraction of sp³-hybridized carbons (Fsp3) is 1.00. The molecule has 0 heterocycles. The van der Waals surface area contributed by atoms with E-state index in [1.165, 1.54) is 34.6 Å². The quantitative estimate of drug-likeness (QED) is 0.0308. The first-order valence-electron chi connectivity index (χ1n) is 23.0. The first-order valence-corrected chi connectivity index (χ1v) is 29.9. The number of hydrogen-bond acceptors (Lipinski definition) is 15. The SMILES string of the molecule is CCF.CCF.CCF.CCF.CCF.CF.CF.CF.CF.CF.FCC(F)(F)OC(F)(F)CF.FCC(F)(F)OF.FCOC(F)(F)C(F)(F)C(F)(F)CF.FCOC(F)(F)CC(F)(F)F.FCOC(F)(F)CF.O=S(=O)(O)CCCCF.O=S(=O)(O)F.O=S(=O)(O)F.O=S(=O)(O)F.O=S(=O)(O)F. The van der Waals surface area contributed by atoms with E-state index in [1.807, 2.05) is 4.94 Å². The molecular weight excluding hydrogens is 1740 g/mol. The van der Waals surface area contributed by atoms with Gasteiger partial charge in [0.25, 0.3) is 10.1 Å². The van der Waals surface area contributed by atoms with Crippen molar-refractivity contribution in [1.29, 1.82) is 0 Å². The van der Waals surface area contributed by atoms with Crippen LogP contribution in [0.4, 0.5) is 187 Å². The van der Waals surface area contributed by atoms with Crippen molar-refractivity contribution in [1.82, 2.24) is 0 Å². The second-order valence-electron chi connectivity index (χ2n) is 12.0. The van der Waals surface area contributed by atoms with Crippen LogP contribution in [0.15, 0.2) is 0 Å². The van der Waals surface area contributed by atoms with Gasteiger partial charge in [0, 0.05) is 0 Å². The van der Waals surface area contributed by atoms with Gasteiger partial charge in [0.05, 0.1) is 81.7 Å². The van der Waals surface area contributed by atoms with Crippen molar-refractivity contribution in [3.8, 4) is 0 Å². The van der Waals surface area contributed by atoms with Crippen LogP contribution in [0.2, 0.25) is 0 Å². The van der Waals surface area contributed by atoms with Crippen LogP contribution in [-0.2, 0) is 76.0 Å². The Labute approximate surface area is 571 Å². The third kappa shape index (κ3) is 250. The van der Waals surface area contributed by atoms with Crippen molar-refractivity contribution < 1.29 is 276 Å². The van der Waals surface area contributed by atoms with Gasteiger partial charge >= 0.3 is 96.7 Å². The Morgan fingerprint density at radius 2 is 0.514 bits per heavy atom. The molecule has 0 aliphatic heterocycles. The van der Waals surface area contributed by atoms with E-state index in [-0.39, 0.29) is 52.0 Å². The maximum Gasteiger partial charge on any atom is 0.435 e. The van der Waals surface area contributed by atoms with Gasteiger partial charge in [0.15, 0.2) is 54.0 Å². The summed E-state index contributed by atoms with van der Waals surface area (Å²) in [4.78, 5) is 1.88. The third-order valence-corrected chi connectivity index (χ3v) is 4.79. The van der Waals surface area contributed by atoms with Crippen LogP contribution in [0.5, 0.6) is 0 Å². The first kappa shape index (κ1) is 154. The summed E-state index contributed by atoms with van der Waals surface area (Å²) in [6, 6.07) is 0. The summed E-state index contributed by atoms with van der Waals surface area (Å²) >= 11 is 0. The maximum absolute atomic E-state index is 12.1. The highest BCUT2D eigenvalue weighted by Crippen LogP contribution is 2.46. The number of ether oxygens (including phenoxy) is 4. The summed E-state index contributed by atoms with van der Waals surface area (Å²) in [7, 11) is -22.0. The zero-order chi connectivity index (χ0) is 91.3. The Morgan fingerprint density at radius 3 is 0.638 bits per heavy atom. The van der Waals surface area contributed by atoms with Crippen molar-refractivity contribution in [2.75, 3.05) is 136 Å². The molecule has 68 heteroatoms. The van der Waals surface area contributed by atoms with Crippen LogP contribution in [0.1, 0.15) is 53.9 Å². The van der Waals surface area contributed by atoms with Gasteiger partial charge in [-0.25, -0.2) is 35.1 Å². The van der Waals surface area contributed by atoms with Gasteiger partial charge in [0.1, 0.15) is 6.42 Å². The highest BCUT2D eigenvalue weighted by atomic mass is 32.3. The van der Waals surface area contributed by atoms with Crippen molar-refractivity contribution in [2.45, 2.75) is 109 Å². The number of hydrogen-bond donors (Lipinski definition) is 5. The molecule has 0 aromatic rings. The molecule has 0 saturated carbocycles. The smallest absolute Gasteiger partial charge is 0.288 e. The van der Waals surface area contributed by atoms with Gasteiger partial charge in [-0.3, -0.25) is 90.0 Å². The Hall–Kier alpha value is -3.66. The summed E-state index contributed by atoms with van der Waals surface area (Å²) in [5, 5.41) is 0. The molecule has 0 aromatic carbocycles. The minimum absolute atomic E-state index is 0.190. The summed E-state index contributed by atoms with van der Waals surface area (Å²) in [6.07, 6.45) is -34.8. The van der Waals surface area contributed by atoms with E-state index in [2.05, 4.69) is 18.9 Å². The Kier molecular flexibility index (Phi) is 136. The lowest BCUT2D eigenvalue weighted by molar-refractivity contribution is -0.405. The highest BCUT2D eigenvalue weighted by molar-refractivity contribution is 7.85. The van der Waals surface area contributed by atoms with Gasteiger partial charge in [-0.15, -0.1) is 4.94 Å². The number of rotatable bonds is 21. The van der Waals surface area contributed by atoms with E-state index in [4.69, 9.17) is 56.4 Å². The molecule has 105 heavy (non-hydrogen) atoms. The molecule has 0 saturated heterocycles. The number of unbranched alkanes of at least 4 members (excludes halogenated alkanes) is 1. The molecule has 0 fully saturated rings. The van der Waals surface area contributed by atoms with Crippen LogP contribution in [0.3, 0.4) is 0 Å². The summed E-state index contributed by atoms with van der Waals surface area (Å²) in [5.41, 5.74) is 0. The van der Waals surface area contributed by atoms with Crippen LogP contribution in [0, 0.1) is 0 Å². The summed E-state index contributed by atoms with van der Waals surface area (Å²) in [5.74, 6) is -12.1. The van der Waals surface area contributed by atoms with E-state index >= 15 is 0 Å². The topological polar surface area (TPSA) is 318 Å². The van der Waals surface area contributed by atoms with Gasteiger partial charge in [0.2, 0.25) is 0 Å². The number of alkyl halides is 38. The molecule has 0 rings (SSSR count).